The number of sulfone groups is 1. The van der Waals surface area contributed by atoms with E-state index in [9.17, 15) is 13.2 Å². The average Bonchev–Trinajstić information content (AvgIpc) is 2.95. The van der Waals surface area contributed by atoms with Crippen LogP contribution in [0.1, 0.15) is 25.0 Å². The summed E-state index contributed by atoms with van der Waals surface area (Å²) in [6, 6.07) is 11.9. The van der Waals surface area contributed by atoms with Crippen molar-refractivity contribution in [3.05, 3.63) is 42.1 Å². The van der Waals surface area contributed by atoms with Gasteiger partial charge in [0.2, 0.25) is 0 Å². The van der Waals surface area contributed by atoms with Gasteiger partial charge in [0.05, 0.1) is 17.0 Å². The van der Waals surface area contributed by atoms with Gasteiger partial charge in [-0.3, -0.25) is 4.98 Å². The lowest BCUT2D eigenvalue weighted by Crippen LogP contribution is -2.50. The van der Waals surface area contributed by atoms with Gasteiger partial charge in [-0.1, -0.05) is 24.3 Å². The molecule has 2 aliphatic heterocycles. The van der Waals surface area contributed by atoms with E-state index in [0.29, 0.717) is 32.5 Å². The molecule has 27 heavy (non-hydrogen) atoms. The first kappa shape index (κ1) is 18.2. The molecule has 7 heteroatoms. The van der Waals surface area contributed by atoms with Crippen LogP contribution >= 0.6 is 0 Å². The maximum absolute atomic E-state index is 12.5. The van der Waals surface area contributed by atoms with Crippen molar-refractivity contribution in [2.45, 2.75) is 25.7 Å². The molecule has 3 heterocycles. The first-order valence-corrected chi connectivity index (χ1v) is 11.3. The van der Waals surface area contributed by atoms with E-state index in [-0.39, 0.29) is 23.0 Å². The molecule has 2 aliphatic rings. The Kier molecular flexibility index (Phi) is 4.80. The number of pyridine rings is 1. The number of amides is 2. The van der Waals surface area contributed by atoms with E-state index in [1.165, 1.54) is 0 Å². The number of hydrogen-bond donors (Lipinski definition) is 1. The number of carbonyl (C=O) groups is 1. The molecule has 2 aromatic rings. The van der Waals surface area contributed by atoms with E-state index in [1.807, 2.05) is 30.3 Å². The standard InChI is InChI=1S/C20H25N3O3S/c24-19(23-12-3-9-20(14-23)10-13-27(25,26)15-20)21-11-8-17-7-6-16-4-1-2-5-18(16)22-17/h1-2,4-7H,3,8-15H2,(H,21,24). The minimum absolute atomic E-state index is 0.0980. The number of fused-ring (bicyclic) bond motifs is 1. The van der Waals surface area contributed by atoms with Crippen LogP contribution in [0.3, 0.4) is 0 Å². The monoisotopic (exact) mass is 387 g/mol. The maximum Gasteiger partial charge on any atom is 0.317 e. The fourth-order valence-electron chi connectivity index (χ4n) is 4.34. The smallest absolute Gasteiger partial charge is 0.317 e. The number of urea groups is 1. The van der Waals surface area contributed by atoms with Crippen LogP contribution in [0.4, 0.5) is 4.79 Å². The Bertz CT molecular complexity index is 960. The van der Waals surface area contributed by atoms with Gasteiger partial charge < -0.3 is 10.2 Å². The number of carbonyl (C=O) groups excluding carboxylic acids is 1. The van der Waals surface area contributed by atoms with Crippen LogP contribution in [0, 0.1) is 5.41 Å². The highest BCUT2D eigenvalue weighted by molar-refractivity contribution is 7.91. The molecule has 1 unspecified atom stereocenters. The molecule has 2 amide bonds. The maximum atomic E-state index is 12.5. The Balaban J connectivity index is 1.32. The number of nitrogens with zero attached hydrogens (tertiary/aromatic N) is 2. The predicted octanol–water partition coefficient (Wildman–Crippen LogP) is 2.39. The van der Waals surface area contributed by atoms with Gasteiger partial charge in [0.1, 0.15) is 0 Å². The fraction of sp³-hybridized carbons (Fsp3) is 0.500. The van der Waals surface area contributed by atoms with E-state index in [2.05, 4.69) is 16.4 Å². The third kappa shape index (κ3) is 4.08. The summed E-state index contributed by atoms with van der Waals surface area (Å²) in [5.74, 6) is 0.487. The molecule has 0 bridgehead atoms. The van der Waals surface area contributed by atoms with Gasteiger partial charge in [-0.25, -0.2) is 13.2 Å². The molecule has 4 rings (SSSR count). The van der Waals surface area contributed by atoms with Crippen LogP contribution in [0.15, 0.2) is 36.4 Å². The van der Waals surface area contributed by atoms with E-state index in [1.54, 1.807) is 4.90 Å². The Morgan fingerprint density at radius 3 is 2.85 bits per heavy atom. The van der Waals surface area contributed by atoms with Crippen molar-refractivity contribution in [2.24, 2.45) is 5.41 Å². The molecule has 6 nitrogen and oxygen atoms in total. The van der Waals surface area contributed by atoms with Crippen molar-refractivity contribution in [3.8, 4) is 0 Å². The van der Waals surface area contributed by atoms with Gasteiger partial charge in [0.15, 0.2) is 9.84 Å². The summed E-state index contributed by atoms with van der Waals surface area (Å²) in [5.41, 5.74) is 1.68. The summed E-state index contributed by atoms with van der Waals surface area (Å²) < 4.78 is 23.8. The van der Waals surface area contributed by atoms with Gasteiger partial charge in [0, 0.05) is 42.6 Å². The molecule has 1 aromatic carbocycles. The summed E-state index contributed by atoms with van der Waals surface area (Å²) >= 11 is 0. The summed E-state index contributed by atoms with van der Waals surface area (Å²) in [4.78, 5) is 19.0. The quantitative estimate of drug-likeness (QED) is 0.877. The molecule has 1 spiro atoms. The Labute approximate surface area is 159 Å². The number of rotatable bonds is 3. The van der Waals surface area contributed by atoms with Gasteiger partial charge >= 0.3 is 6.03 Å². The van der Waals surface area contributed by atoms with Crippen molar-refractivity contribution in [1.82, 2.24) is 15.2 Å². The van der Waals surface area contributed by atoms with E-state index < -0.39 is 9.84 Å². The summed E-state index contributed by atoms with van der Waals surface area (Å²) in [7, 11) is -2.94. The summed E-state index contributed by atoms with van der Waals surface area (Å²) in [5, 5.41) is 4.08. The van der Waals surface area contributed by atoms with Crippen LogP contribution in [0.5, 0.6) is 0 Å². The van der Waals surface area contributed by atoms with Crippen molar-refractivity contribution in [3.63, 3.8) is 0 Å². The number of hydrogen-bond acceptors (Lipinski definition) is 4. The second kappa shape index (κ2) is 7.11. The summed E-state index contributed by atoms with van der Waals surface area (Å²) in [6.45, 7) is 1.76. The highest BCUT2D eigenvalue weighted by Crippen LogP contribution is 2.40. The Hall–Kier alpha value is -2.15. The largest absolute Gasteiger partial charge is 0.338 e. The molecule has 1 atom stereocenters. The highest BCUT2D eigenvalue weighted by atomic mass is 32.2. The van der Waals surface area contributed by atoms with E-state index in [0.717, 1.165) is 29.4 Å². The second-order valence-electron chi connectivity index (χ2n) is 7.84. The minimum atomic E-state index is -2.94. The third-order valence-corrected chi connectivity index (χ3v) is 7.61. The first-order valence-electron chi connectivity index (χ1n) is 9.53. The first-order chi connectivity index (χ1) is 12.9. The van der Waals surface area contributed by atoms with Crippen molar-refractivity contribution >= 4 is 26.8 Å². The normalized spacial score (nSPS) is 24.4. The van der Waals surface area contributed by atoms with Crippen LogP contribution in [-0.2, 0) is 16.3 Å². The third-order valence-electron chi connectivity index (χ3n) is 5.73. The Morgan fingerprint density at radius 1 is 1.19 bits per heavy atom. The van der Waals surface area contributed by atoms with Crippen LogP contribution < -0.4 is 5.32 Å². The molecule has 2 saturated heterocycles. The van der Waals surface area contributed by atoms with Crippen molar-refractivity contribution in [1.29, 1.82) is 0 Å². The van der Waals surface area contributed by atoms with Crippen LogP contribution in [0.2, 0.25) is 0 Å². The zero-order valence-electron chi connectivity index (χ0n) is 15.4. The van der Waals surface area contributed by atoms with Crippen LogP contribution in [-0.4, -0.2) is 55.5 Å². The lowest BCUT2D eigenvalue weighted by atomic mass is 9.80. The van der Waals surface area contributed by atoms with Gasteiger partial charge in [-0.15, -0.1) is 0 Å². The zero-order valence-corrected chi connectivity index (χ0v) is 16.2. The van der Waals surface area contributed by atoms with Crippen molar-refractivity contribution < 1.29 is 13.2 Å². The molecule has 1 N–H and O–H groups in total. The molecule has 144 valence electrons. The number of benzene rings is 1. The number of nitrogens with one attached hydrogen (secondary N) is 1. The van der Waals surface area contributed by atoms with Gasteiger partial charge in [0.25, 0.3) is 0 Å². The zero-order chi connectivity index (χ0) is 18.9. The molecular weight excluding hydrogens is 362 g/mol. The Morgan fingerprint density at radius 2 is 2.04 bits per heavy atom. The molecule has 0 aliphatic carbocycles. The van der Waals surface area contributed by atoms with E-state index in [4.69, 9.17) is 0 Å². The van der Waals surface area contributed by atoms with Crippen LogP contribution in [0.25, 0.3) is 10.9 Å². The number of para-hydroxylation sites is 1. The fourth-order valence-corrected chi connectivity index (χ4v) is 6.54. The van der Waals surface area contributed by atoms with Gasteiger partial charge in [-0.05, 0) is 31.4 Å². The number of likely N-dealkylation sites (tertiary alicyclic amines) is 1. The number of piperidine rings is 1. The topological polar surface area (TPSA) is 79.4 Å². The SMILES string of the molecule is O=C(NCCc1ccc2ccccc2n1)N1CCCC2(CCS(=O)(=O)C2)C1. The molecule has 0 saturated carbocycles. The van der Waals surface area contributed by atoms with Gasteiger partial charge in [-0.2, -0.15) is 0 Å². The van der Waals surface area contributed by atoms with E-state index >= 15 is 0 Å². The molecule has 1 aromatic heterocycles. The summed E-state index contributed by atoms with van der Waals surface area (Å²) in [6.07, 6.45) is 3.12. The average molecular weight is 388 g/mol. The predicted molar refractivity (Wildman–Crippen MR) is 105 cm³/mol. The minimum Gasteiger partial charge on any atom is -0.338 e. The highest BCUT2D eigenvalue weighted by Gasteiger charge is 2.45. The lowest BCUT2D eigenvalue weighted by molar-refractivity contribution is 0.122. The van der Waals surface area contributed by atoms with Crippen molar-refractivity contribution in [2.75, 3.05) is 31.1 Å². The molecular formula is C20H25N3O3S. The lowest BCUT2D eigenvalue weighted by Gasteiger charge is -2.39. The number of aromatic nitrogens is 1. The molecule has 2 fully saturated rings. The second-order valence-corrected chi connectivity index (χ2v) is 10.0. The molecule has 0 radical (unpaired) electrons.